The van der Waals surface area contributed by atoms with Crippen molar-refractivity contribution in [2.45, 2.75) is 26.8 Å². The highest BCUT2D eigenvalue weighted by Gasteiger charge is 2.14. The molecule has 0 saturated carbocycles. The molecule has 1 amide bonds. The van der Waals surface area contributed by atoms with E-state index in [2.05, 4.69) is 10.4 Å². The van der Waals surface area contributed by atoms with Gasteiger partial charge in [-0.25, -0.2) is 0 Å². The lowest BCUT2D eigenvalue weighted by Crippen LogP contribution is -2.18. The van der Waals surface area contributed by atoms with Crippen molar-refractivity contribution in [3.8, 4) is 0 Å². The first-order chi connectivity index (χ1) is 10.0. The summed E-state index contributed by atoms with van der Waals surface area (Å²) in [5.41, 5.74) is 8.43. The summed E-state index contributed by atoms with van der Waals surface area (Å²) in [7, 11) is 0. The summed E-state index contributed by atoms with van der Waals surface area (Å²) in [5, 5.41) is 7.22. The monoisotopic (exact) mass is 302 g/mol. The highest BCUT2D eigenvalue weighted by Crippen LogP contribution is 2.13. The number of hydrogen-bond acceptors (Lipinski definition) is 3. The molecule has 0 fully saturated rings. The standard InChI is InChI=1S/C15H18N4OS/c1-3-11-9-13(19(4-2)18-11)15(20)17-12-7-5-6-10(8-12)14(16)21/h5-9H,3-4H2,1-2H3,(H2,16,21)(H,17,20). The molecular formula is C15H18N4OS. The second-order valence-corrected chi connectivity index (χ2v) is 5.03. The number of nitrogens with one attached hydrogen (secondary N) is 1. The summed E-state index contributed by atoms with van der Waals surface area (Å²) in [6.07, 6.45) is 0.796. The van der Waals surface area contributed by atoms with Crippen LogP contribution in [0.2, 0.25) is 0 Å². The number of benzene rings is 1. The number of carbonyl (C=O) groups is 1. The number of rotatable bonds is 5. The van der Waals surface area contributed by atoms with Crippen molar-refractivity contribution in [3.05, 3.63) is 47.3 Å². The van der Waals surface area contributed by atoms with Crippen LogP contribution in [0.1, 0.15) is 35.6 Å². The molecule has 0 saturated heterocycles. The van der Waals surface area contributed by atoms with Gasteiger partial charge in [-0.3, -0.25) is 9.48 Å². The molecule has 1 aromatic heterocycles. The van der Waals surface area contributed by atoms with Gasteiger partial charge in [0.05, 0.1) is 5.69 Å². The molecule has 1 aromatic carbocycles. The van der Waals surface area contributed by atoms with Gasteiger partial charge in [0.1, 0.15) is 10.7 Å². The zero-order chi connectivity index (χ0) is 15.4. The third kappa shape index (κ3) is 3.46. The second-order valence-electron chi connectivity index (χ2n) is 4.59. The van der Waals surface area contributed by atoms with Gasteiger partial charge in [-0.2, -0.15) is 5.10 Å². The van der Waals surface area contributed by atoms with Gasteiger partial charge in [0.15, 0.2) is 0 Å². The summed E-state index contributed by atoms with van der Waals surface area (Å²) >= 11 is 4.94. The number of hydrogen-bond donors (Lipinski definition) is 2. The van der Waals surface area contributed by atoms with Crippen molar-refractivity contribution in [2.75, 3.05) is 5.32 Å². The topological polar surface area (TPSA) is 72.9 Å². The number of nitrogens with zero attached hydrogens (tertiary/aromatic N) is 2. The van der Waals surface area contributed by atoms with Crippen molar-refractivity contribution in [3.63, 3.8) is 0 Å². The first-order valence-electron chi connectivity index (χ1n) is 6.83. The Balaban J connectivity index is 2.23. The molecule has 1 heterocycles. The zero-order valence-corrected chi connectivity index (χ0v) is 12.9. The largest absolute Gasteiger partial charge is 0.389 e. The fourth-order valence-corrected chi connectivity index (χ4v) is 2.14. The number of amides is 1. The molecule has 0 aliphatic carbocycles. The van der Waals surface area contributed by atoms with Crippen LogP contribution in [0, 0.1) is 0 Å². The third-order valence-electron chi connectivity index (χ3n) is 3.13. The van der Waals surface area contributed by atoms with Crippen LogP contribution in [-0.4, -0.2) is 20.7 Å². The van der Waals surface area contributed by atoms with E-state index >= 15 is 0 Å². The van der Waals surface area contributed by atoms with E-state index in [-0.39, 0.29) is 5.91 Å². The van der Waals surface area contributed by atoms with Crippen LogP contribution in [0.3, 0.4) is 0 Å². The van der Waals surface area contributed by atoms with Gasteiger partial charge in [-0.1, -0.05) is 31.3 Å². The fraction of sp³-hybridized carbons (Fsp3) is 0.267. The molecule has 5 nitrogen and oxygen atoms in total. The highest BCUT2D eigenvalue weighted by molar-refractivity contribution is 7.80. The number of anilines is 1. The molecule has 0 aliphatic rings. The number of thiocarbonyl (C=S) groups is 1. The number of aromatic nitrogens is 2. The minimum Gasteiger partial charge on any atom is -0.389 e. The normalized spacial score (nSPS) is 10.4. The molecule has 110 valence electrons. The van der Waals surface area contributed by atoms with Gasteiger partial charge in [-0.15, -0.1) is 0 Å². The van der Waals surface area contributed by atoms with Crippen molar-refractivity contribution < 1.29 is 4.79 Å². The first-order valence-corrected chi connectivity index (χ1v) is 7.24. The summed E-state index contributed by atoms with van der Waals surface area (Å²) in [4.78, 5) is 12.7. The molecule has 3 N–H and O–H groups in total. The third-order valence-corrected chi connectivity index (χ3v) is 3.37. The molecule has 6 heteroatoms. The van der Waals surface area contributed by atoms with Crippen LogP contribution in [0.5, 0.6) is 0 Å². The van der Waals surface area contributed by atoms with Crippen molar-refractivity contribution in [2.24, 2.45) is 5.73 Å². The maximum atomic E-state index is 12.4. The Morgan fingerprint density at radius 3 is 2.76 bits per heavy atom. The molecule has 0 aliphatic heterocycles. The maximum Gasteiger partial charge on any atom is 0.273 e. The predicted molar refractivity (Wildman–Crippen MR) is 87.6 cm³/mol. The van der Waals surface area contributed by atoms with Crippen molar-refractivity contribution in [1.82, 2.24) is 9.78 Å². The second kappa shape index (κ2) is 6.49. The van der Waals surface area contributed by atoms with Crippen molar-refractivity contribution >= 4 is 28.8 Å². The van der Waals surface area contributed by atoms with E-state index in [9.17, 15) is 4.79 Å². The van der Waals surface area contributed by atoms with Gasteiger partial charge in [-0.05, 0) is 31.5 Å². The predicted octanol–water partition coefficient (Wildman–Crippen LogP) is 2.35. The Labute approximate surface area is 129 Å². The summed E-state index contributed by atoms with van der Waals surface area (Å²) in [6, 6.07) is 8.99. The van der Waals surface area contributed by atoms with Crippen LogP contribution in [0.15, 0.2) is 30.3 Å². The lowest BCUT2D eigenvalue weighted by molar-refractivity contribution is 0.101. The molecule has 0 atom stereocenters. The van der Waals surface area contributed by atoms with E-state index in [1.807, 2.05) is 26.0 Å². The molecular weight excluding hydrogens is 284 g/mol. The molecule has 21 heavy (non-hydrogen) atoms. The maximum absolute atomic E-state index is 12.4. The van der Waals surface area contributed by atoms with Gasteiger partial charge < -0.3 is 11.1 Å². The van der Waals surface area contributed by atoms with E-state index in [0.717, 1.165) is 17.7 Å². The van der Waals surface area contributed by atoms with E-state index < -0.39 is 0 Å². The van der Waals surface area contributed by atoms with Crippen LogP contribution in [0.4, 0.5) is 5.69 Å². The zero-order valence-electron chi connectivity index (χ0n) is 12.1. The van der Waals surface area contributed by atoms with Crippen LogP contribution < -0.4 is 11.1 Å². The van der Waals surface area contributed by atoms with Gasteiger partial charge >= 0.3 is 0 Å². The number of carbonyl (C=O) groups excluding carboxylic acids is 1. The number of aryl methyl sites for hydroxylation is 2. The Bertz CT molecular complexity index is 678. The van der Waals surface area contributed by atoms with Gasteiger partial charge in [0.2, 0.25) is 0 Å². The van der Waals surface area contributed by atoms with Crippen molar-refractivity contribution in [1.29, 1.82) is 0 Å². The summed E-state index contributed by atoms with van der Waals surface area (Å²) < 4.78 is 1.70. The minimum atomic E-state index is -0.191. The first kappa shape index (κ1) is 15.2. The van der Waals surface area contributed by atoms with Gasteiger partial charge in [0, 0.05) is 17.8 Å². The van der Waals surface area contributed by atoms with E-state index in [1.54, 1.807) is 22.9 Å². The van der Waals surface area contributed by atoms with E-state index in [4.69, 9.17) is 18.0 Å². The lowest BCUT2D eigenvalue weighted by Gasteiger charge is -2.08. The van der Waals surface area contributed by atoms with E-state index in [1.165, 1.54) is 0 Å². The summed E-state index contributed by atoms with van der Waals surface area (Å²) in [5.74, 6) is -0.191. The van der Waals surface area contributed by atoms with Gasteiger partial charge in [0.25, 0.3) is 5.91 Å². The molecule has 0 radical (unpaired) electrons. The van der Waals surface area contributed by atoms with Crippen LogP contribution in [-0.2, 0) is 13.0 Å². The smallest absolute Gasteiger partial charge is 0.273 e. The molecule has 0 spiro atoms. The molecule has 0 unspecified atom stereocenters. The van der Waals surface area contributed by atoms with Crippen LogP contribution in [0.25, 0.3) is 0 Å². The Kier molecular flexibility index (Phi) is 4.70. The number of nitrogens with two attached hydrogens (primary N) is 1. The minimum absolute atomic E-state index is 0.191. The average molecular weight is 302 g/mol. The molecule has 2 rings (SSSR count). The lowest BCUT2D eigenvalue weighted by atomic mass is 10.2. The van der Waals surface area contributed by atoms with E-state index in [0.29, 0.717) is 22.9 Å². The SMILES string of the molecule is CCc1cc(C(=O)Nc2cccc(C(N)=S)c2)n(CC)n1. The average Bonchev–Trinajstić information content (AvgIpc) is 2.91. The Hall–Kier alpha value is -2.21. The molecule has 2 aromatic rings. The molecule has 0 bridgehead atoms. The Morgan fingerprint density at radius 2 is 2.14 bits per heavy atom. The van der Waals surface area contributed by atoms with Crippen LogP contribution >= 0.6 is 12.2 Å². The quantitative estimate of drug-likeness (QED) is 0.832. The fourth-order valence-electron chi connectivity index (χ4n) is 2.01. The Morgan fingerprint density at radius 1 is 1.38 bits per heavy atom. The highest BCUT2D eigenvalue weighted by atomic mass is 32.1. The summed E-state index contributed by atoms with van der Waals surface area (Å²) in [6.45, 7) is 4.61.